The number of H-pyrrole nitrogens is 1. The number of imidazole rings is 1. The van der Waals surface area contributed by atoms with Crippen LogP contribution in [0.3, 0.4) is 0 Å². The number of anilines is 1. The number of fused-ring (bicyclic) bond motifs is 1. The lowest BCUT2D eigenvalue weighted by atomic mass is 10.1. The van der Waals surface area contributed by atoms with Crippen molar-refractivity contribution in [2.24, 2.45) is 0 Å². The zero-order valence-electron chi connectivity index (χ0n) is 15.6. The maximum absolute atomic E-state index is 12.8. The zero-order valence-corrected chi connectivity index (χ0v) is 16.4. The smallest absolute Gasteiger partial charge is 0.267 e. The SMILES string of the molecule is Cc1noc(C)c1S(=O)(=O)Nc1ccccc1CCc1nc2ccccc2[nH]1. The predicted molar refractivity (Wildman–Crippen MR) is 107 cm³/mol. The molecular weight excluding hydrogens is 376 g/mol. The van der Waals surface area contributed by atoms with Gasteiger partial charge in [0.2, 0.25) is 0 Å². The Kier molecular flexibility index (Phi) is 4.64. The molecule has 0 unspecified atom stereocenters. The first-order valence-electron chi connectivity index (χ1n) is 8.91. The summed E-state index contributed by atoms with van der Waals surface area (Å²) in [5.74, 6) is 1.13. The molecule has 4 aromatic rings. The zero-order chi connectivity index (χ0) is 19.7. The van der Waals surface area contributed by atoms with Gasteiger partial charge in [0.05, 0.1) is 16.7 Å². The van der Waals surface area contributed by atoms with E-state index in [2.05, 4.69) is 19.8 Å². The van der Waals surface area contributed by atoms with Gasteiger partial charge in [0.1, 0.15) is 11.5 Å². The highest BCUT2D eigenvalue weighted by Crippen LogP contribution is 2.25. The molecule has 0 amide bonds. The molecule has 7 nitrogen and oxygen atoms in total. The standard InChI is InChI=1S/C20H20N4O3S/c1-13-20(14(2)27-23-13)28(25,26)24-16-8-4-3-7-15(16)11-12-19-21-17-9-5-6-10-18(17)22-19/h3-10,24H,11-12H2,1-2H3,(H,21,22). The minimum atomic E-state index is -3.79. The largest absolute Gasteiger partial charge is 0.360 e. The molecule has 0 aliphatic carbocycles. The van der Waals surface area contributed by atoms with E-state index in [1.54, 1.807) is 26.0 Å². The summed E-state index contributed by atoms with van der Waals surface area (Å²) in [4.78, 5) is 7.96. The van der Waals surface area contributed by atoms with Crippen LogP contribution in [0.15, 0.2) is 57.9 Å². The van der Waals surface area contributed by atoms with Gasteiger partial charge < -0.3 is 9.51 Å². The number of nitrogens with one attached hydrogen (secondary N) is 2. The number of aromatic nitrogens is 3. The Morgan fingerprint density at radius 3 is 2.54 bits per heavy atom. The van der Waals surface area contributed by atoms with Crippen LogP contribution >= 0.6 is 0 Å². The Morgan fingerprint density at radius 2 is 1.79 bits per heavy atom. The molecule has 0 bridgehead atoms. The van der Waals surface area contributed by atoms with E-state index < -0.39 is 10.0 Å². The van der Waals surface area contributed by atoms with E-state index in [-0.39, 0.29) is 10.7 Å². The Labute approximate surface area is 162 Å². The second kappa shape index (κ2) is 7.12. The van der Waals surface area contributed by atoms with Gasteiger partial charge in [-0.3, -0.25) is 4.72 Å². The average Bonchev–Trinajstić information content (AvgIpc) is 3.23. The molecule has 8 heteroatoms. The lowest BCUT2D eigenvalue weighted by molar-refractivity contribution is 0.390. The number of sulfonamides is 1. The van der Waals surface area contributed by atoms with Crippen molar-refractivity contribution >= 4 is 26.7 Å². The minimum absolute atomic E-state index is 0.0830. The Bertz CT molecular complexity index is 1190. The van der Waals surface area contributed by atoms with Crippen molar-refractivity contribution < 1.29 is 12.9 Å². The van der Waals surface area contributed by atoms with Gasteiger partial charge in [-0.05, 0) is 44.0 Å². The molecule has 0 aliphatic heterocycles. The third-order valence-electron chi connectivity index (χ3n) is 4.57. The first kappa shape index (κ1) is 18.2. The van der Waals surface area contributed by atoms with E-state index in [0.717, 1.165) is 22.4 Å². The molecule has 144 valence electrons. The summed E-state index contributed by atoms with van der Waals surface area (Å²) >= 11 is 0. The van der Waals surface area contributed by atoms with Gasteiger partial charge in [-0.25, -0.2) is 13.4 Å². The van der Waals surface area contributed by atoms with Crippen LogP contribution in [0.5, 0.6) is 0 Å². The molecule has 0 aliphatic rings. The monoisotopic (exact) mass is 396 g/mol. The quantitative estimate of drug-likeness (QED) is 0.517. The summed E-state index contributed by atoms with van der Waals surface area (Å²) in [5, 5.41) is 3.74. The lowest BCUT2D eigenvalue weighted by Gasteiger charge is -2.12. The van der Waals surface area contributed by atoms with E-state index in [0.29, 0.717) is 24.2 Å². The molecule has 2 N–H and O–H groups in total. The molecule has 0 spiro atoms. The summed E-state index contributed by atoms with van der Waals surface area (Å²) in [7, 11) is -3.79. The number of para-hydroxylation sites is 3. The van der Waals surface area contributed by atoms with E-state index in [4.69, 9.17) is 4.52 Å². The highest BCUT2D eigenvalue weighted by Gasteiger charge is 2.25. The second-order valence-corrected chi connectivity index (χ2v) is 8.24. The summed E-state index contributed by atoms with van der Waals surface area (Å²) in [6, 6.07) is 15.2. The van der Waals surface area contributed by atoms with E-state index in [1.807, 2.05) is 36.4 Å². The summed E-state index contributed by atoms with van der Waals surface area (Å²) in [5.41, 5.74) is 3.68. The van der Waals surface area contributed by atoms with E-state index in [1.165, 1.54) is 0 Å². The molecule has 2 aromatic carbocycles. The Balaban J connectivity index is 1.57. The first-order valence-corrected chi connectivity index (χ1v) is 10.4. The second-order valence-electron chi connectivity index (χ2n) is 6.62. The highest BCUT2D eigenvalue weighted by molar-refractivity contribution is 7.92. The van der Waals surface area contributed by atoms with Crippen LogP contribution in [0.25, 0.3) is 11.0 Å². The molecule has 2 heterocycles. The van der Waals surface area contributed by atoms with Crippen LogP contribution in [0.2, 0.25) is 0 Å². The maximum atomic E-state index is 12.8. The van der Waals surface area contributed by atoms with Gasteiger partial charge in [0.15, 0.2) is 10.7 Å². The lowest BCUT2D eigenvalue weighted by Crippen LogP contribution is -2.16. The minimum Gasteiger partial charge on any atom is -0.360 e. The van der Waals surface area contributed by atoms with Gasteiger partial charge in [-0.15, -0.1) is 0 Å². The van der Waals surface area contributed by atoms with Gasteiger partial charge in [0.25, 0.3) is 10.0 Å². The van der Waals surface area contributed by atoms with Crippen molar-refractivity contribution in [3.8, 4) is 0 Å². The molecule has 4 rings (SSSR count). The number of aryl methyl sites for hydroxylation is 4. The van der Waals surface area contributed by atoms with Crippen LogP contribution < -0.4 is 4.72 Å². The van der Waals surface area contributed by atoms with Crippen LogP contribution in [0.4, 0.5) is 5.69 Å². The fraction of sp³-hybridized carbons (Fsp3) is 0.200. The van der Waals surface area contributed by atoms with Crippen molar-refractivity contribution in [3.05, 3.63) is 71.4 Å². The van der Waals surface area contributed by atoms with Gasteiger partial charge >= 0.3 is 0 Å². The number of aromatic amines is 1. The summed E-state index contributed by atoms with van der Waals surface area (Å²) < 4.78 is 33.3. The molecule has 2 aromatic heterocycles. The van der Waals surface area contributed by atoms with Crippen LogP contribution in [-0.2, 0) is 22.9 Å². The topological polar surface area (TPSA) is 101 Å². The first-order chi connectivity index (χ1) is 13.4. The molecule has 0 saturated carbocycles. The number of hydrogen-bond donors (Lipinski definition) is 2. The summed E-state index contributed by atoms with van der Waals surface area (Å²) in [6.07, 6.45) is 1.30. The molecule has 28 heavy (non-hydrogen) atoms. The fourth-order valence-electron chi connectivity index (χ4n) is 3.27. The molecule has 0 atom stereocenters. The number of rotatable bonds is 6. The van der Waals surface area contributed by atoms with Crippen molar-refractivity contribution in [1.82, 2.24) is 15.1 Å². The molecule has 0 radical (unpaired) electrons. The molecule has 0 fully saturated rings. The van der Waals surface area contributed by atoms with Crippen LogP contribution in [-0.4, -0.2) is 23.5 Å². The predicted octanol–water partition coefficient (Wildman–Crippen LogP) is 3.75. The van der Waals surface area contributed by atoms with E-state index in [9.17, 15) is 8.42 Å². The van der Waals surface area contributed by atoms with Crippen LogP contribution in [0.1, 0.15) is 22.8 Å². The van der Waals surface area contributed by atoms with Gasteiger partial charge in [-0.1, -0.05) is 35.5 Å². The fourth-order valence-corrected chi connectivity index (χ4v) is 4.70. The van der Waals surface area contributed by atoms with Crippen molar-refractivity contribution in [3.63, 3.8) is 0 Å². The number of hydrogen-bond acceptors (Lipinski definition) is 5. The van der Waals surface area contributed by atoms with Crippen molar-refractivity contribution in [2.45, 2.75) is 31.6 Å². The third kappa shape index (κ3) is 3.50. The highest BCUT2D eigenvalue weighted by atomic mass is 32.2. The Hall–Kier alpha value is -3.13. The normalized spacial score (nSPS) is 11.8. The molecule has 0 saturated heterocycles. The summed E-state index contributed by atoms with van der Waals surface area (Å²) in [6.45, 7) is 3.20. The van der Waals surface area contributed by atoms with Gasteiger partial charge in [-0.2, -0.15) is 0 Å². The maximum Gasteiger partial charge on any atom is 0.267 e. The van der Waals surface area contributed by atoms with Crippen molar-refractivity contribution in [1.29, 1.82) is 0 Å². The Morgan fingerprint density at radius 1 is 1.04 bits per heavy atom. The number of nitrogens with zero attached hydrogens (tertiary/aromatic N) is 2. The molecular formula is C20H20N4O3S. The van der Waals surface area contributed by atoms with Gasteiger partial charge in [0, 0.05) is 6.42 Å². The van der Waals surface area contributed by atoms with E-state index >= 15 is 0 Å². The number of benzene rings is 2. The third-order valence-corrected chi connectivity index (χ3v) is 6.18. The average molecular weight is 396 g/mol. The van der Waals surface area contributed by atoms with Crippen molar-refractivity contribution in [2.75, 3.05) is 4.72 Å². The van der Waals surface area contributed by atoms with Crippen LogP contribution in [0, 0.1) is 13.8 Å².